The van der Waals surface area contributed by atoms with Gasteiger partial charge in [0, 0.05) is 30.8 Å². The number of carbonyl (C=O) groups excluding carboxylic acids is 1. The van der Waals surface area contributed by atoms with E-state index in [1.165, 1.54) is 0 Å². The summed E-state index contributed by atoms with van der Waals surface area (Å²) in [6.45, 7) is 6.38. The van der Waals surface area contributed by atoms with Crippen LogP contribution >= 0.6 is 0 Å². The highest BCUT2D eigenvalue weighted by Crippen LogP contribution is 2.40. The molecule has 1 saturated carbocycles. The van der Waals surface area contributed by atoms with Gasteiger partial charge < -0.3 is 9.42 Å². The van der Waals surface area contributed by atoms with E-state index in [1.54, 1.807) is 18.1 Å². The van der Waals surface area contributed by atoms with Crippen LogP contribution in [-0.2, 0) is 6.54 Å². The summed E-state index contributed by atoms with van der Waals surface area (Å²) < 4.78 is 6.99. The quantitative estimate of drug-likeness (QED) is 0.702. The zero-order valence-electron chi connectivity index (χ0n) is 15.6. The molecule has 0 radical (unpaired) electrons. The number of carbonyl (C=O) groups is 1. The molecule has 0 aromatic carbocycles. The molecule has 1 aliphatic carbocycles. The molecular formula is C19H23N5O2. The molecule has 3 heterocycles. The Morgan fingerprint density at radius 3 is 2.77 bits per heavy atom. The van der Waals surface area contributed by atoms with Gasteiger partial charge in [0.1, 0.15) is 11.5 Å². The van der Waals surface area contributed by atoms with E-state index >= 15 is 0 Å². The minimum Gasteiger partial charge on any atom is -0.361 e. The summed E-state index contributed by atoms with van der Waals surface area (Å²) in [5.74, 6) is 1.15. The molecule has 0 unspecified atom stereocenters. The molecule has 136 valence electrons. The molecule has 1 fully saturated rings. The van der Waals surface area contributed by atoms with Crippen LogP contribution in [0.15, 0.2) is 22.9 Å². The van der Waals surface area contributed by atoms with E-state index in [1.807, 2.05) is 23.7 Å². The molecule has 1 amide bonds. The number of hydrogen-bond donors (Lipinski definition) is 0. The Hall–Kier alpha value is -2.70. The van der Waals surface area contributed by atoms with Crippen LogP contribution < -0.4 is 0 Å². The SMILES string of the molecule is Cc1cc(CN(C)C(=O)c2cc(C3CC3)nc3c2cnn3C(C)C)no1. The van der Waals surface area contributed by atoms with Gasteiger partial charge in [-0.05, 0) is 39.7 Å². The third-order valence-corrected chi connectivity index (χ3v) is 4.72. The Morgan fingerprint density at radius 2 is 2.15 bits per heavy atom. The second kappa shape index (κ2) is 6.23. The van der Waals surface area contributed by atoms with Crippen molar-refractivity contribution < 1.29 is 9.32 Å². The predicted octanol–water partition coefficient (Wildman–Crippen LogP) is 3.46. The Balaban J connectivity index is 1.73. The van der Waals surface area contributed by atoms with E-state index in [0.29, 0.717) is 18.0 Å². The van der Waals surface area contributed by atoms with E-state index in [2.05, 4.69) is 24.1 Å². The highest BCUT2D eigenvalue weighted by atomic mass is 16.5. The lowest BCUT2D eigenvalue weighted by molar-refractivity contribution is 0.0784. The van der Waals surface area contributed by atoms with Crippen molar-refractivity contribution >= 4 is 16.9 Å². The first-order valence-corrected chi connectivity index (χ1v) is 9.00. The van der Waals surface area contributed by atoms with Crippen molar-refractivity contribution in [3.05, 3.63) is 41.0 Å². The summed E-state index contributed by atoms with van der Waals surface area (Å²) in [5.41, 5.74) is 3.18. The van der Waals surface area contributed by atoms with Crippen molar-refractivity contribution in [3.8, 4) is 0 Å². The van der Waals surface area contributed by atoms with Gasteiger partial charge in [0.2, 0.25) is 0 Å². The summed E-state index contributed by atoms with van der Waals surface area (Å²) in [5, 5.41) is 9.24. The standard InChI is InChI=1S/C19H23N5O2/c1-11(2)24-18-16(9-20-24)15(8-17(21-18)13-5-6-13)19(25)23(4)10-14-7-12(3)26-22-14/h7-9,11,13H,5-6,10H2,1-4H3. The molecule has 0 spiro atoms. The molecule has 3 aromatic heterocycles. The molecule has 1 aliphatic rings. The van der Waals surface area contributed by atoms with Crippen LogP contribution in [0.1, 0.15) is 66.2 Å². The number of fused-ring (bicyclic) bond motifs is 1. The van der Waals surface area contributed by atoms with Crippen molar-refractivity contribution in [2.75, 3.05) is 7.05 Å². The van der Waals surface area contributed by atoms with Gasteiger partial charge in [-0.15, -0.1) is 0 Å². The summed E-state index contributed by atoms with van der Waals surface area (Å²) >= 11 is 0. The van der Waals surface area contributed by atoms with E-state index in [9.17, 15) is 4.79 Å². The first-order chi connectivity index (χ1) is 12.4. The van der Waals surface area contributed by atoms with Crippen LogP contribution in [0.3, 0.4) is 0 Å². The zero-order valence-corrected chi connectivity index (χ0v) is 15.6. The smallest absolute Gasteiger partial charge is 0.254 e. The van der Waals surface area contributed by atoms with Crippen molar-refractivity contribution in [2.45, 2.75) is 52.1 Å². The molecule has 0 N–H and O–H groups in total. The Morgan fingerprint density at radius 1 is 1.38 bits per heavy atom. The monoisotopic (exact) mass is 353 g/mol. The number of pyridine rings is 1. The molecule has 0 atom stereocenters. The maximum Gasteiger partial charge on any atom is 0.254 e. The third-order valence-electron chi connectivity index (χ3n) is 4.72. The summed E-state index contributed by atoms with van der Waals surface area (Å²) in [4.78, 5) is 19.6. The van der Waals surface area contributed by atoms with E-state index < -0.39 is 0 Å². The second-order valence-electron chi connectivity index (χ2n) is 7.38. The molecule has 26 heavy (non-hydrogen) atoms. The Kier molecular flexibility index (Phi) is 4.01. The summed E-state index contributed by atoms with van der Waals surface area (Å²) in [6, 6.07) is 3.98. The average molecular weight is 353 g/mol. The lowest BCUT2D eigenvalue weighted by Crippen LogP contribution is -2.26. The molecule has 7 nitrogen and oxygen atoms in total. The predicted molar refractivity (Wildman–Crippen MR) is 96.9 cm³/mol. The first-order valence-electron chi connectivity index (χ1n) is 9.00. The zero-order chi connectivity index (χ0) is 18.4. The van der Waals surface area contributed by atoms with Crippen molar-refractivity contribution in [1.82, 2.24) is 24.8 Å². The van der Waals surface area contributed by atoms with E-state index in [4.69, 9.17) is 9.51 Å². The van der Waals surface area contributed by atoms with Crippen molar-refractivity contribution in [2.24, 2.45) is 0 Å². The molecular weight excluding hydrogens is 330 g/mol. The number of hydrogen-bond acceptors (Lipinski definition) is 5. The van der Waals surface area contributed by atoms with Crippen LogP contribution in [0.5, 0.6) is 0 Å². The number of nitrogens with zero attached hydrogens (tertiary/aromatic N) is 5. The molecule has 0 saturated heterocycles. The molecule has 3 aromatic rings. The molecule has 7 heteroatoms. The maximum absolute atomic E-state index is 13.1. The van der Waals surface area contributed by atoms with Gasteiger partial charge in [-0.1, -0.05) is 5.16 Å². The number of amides is 1. The highest BCUT2D eigenvalue weighted by molar-refractivity contribution is 6.05. The molecule has 0 aliphatic heterocycles. The van der Waals surface area contributed by atoms with Crippen LogP contribution in [-0.4, -0.2) is 37.8 Å². The lowest BCUT2D eigenvalue weighted by atomic mass is 10.1. The van der Waals surface area contributed by atoms with Crippen LogP contribution in [0.25, 0.3) is 11.0 Å². The number of aromatic nitrogens is 4. The van der Waals surface area contributed by atoms with Gasteiger partial charge in [-0.3, -0.25) is 4.79 Å². The van der Waals surface area contributed by atoms with Crippen LogP contribution in [0.2, 0.25) is 0 Å². The summed E-state index contributed by atoms with van der Waals surface area (Å²) in [7, 11) is 1.78. The van der Waals surface area contributed by atoms with E-state index in [-0.39, 0.29) is 11.9 Å². The van der Waals surface area contributed by atoms with Crippen LogP contribution in [0, 0.1) is 6.92 Å². The van der Waals surface area contributed by atoms with Crippen molar-refractivity contribution in [1.29, 1.82) is 0 Å². The van der Waals surface area contributed by atoms with Crippen LogP contribution in [0.4, 0.5) is 0 Å². The third kappa shape index (κ3) is 2.98. The lowest BCUT2D eigenvalue weighted by Gasteiger charge is -2.17. The second-order valence-corrected chi connectivity index (χ2v) is 7.38. The Labute approximate surface area is 152 Å². The fourth-order valence-corrected chi connectivity index (χ4v) is 3.19. The van der Waals surface area contributed by atoms with E-state index in [0.717, 1.165) is 41.0 Å². The minimum atomic E-state index is -0.0525. The Bertz CT molecular complexity index is 968. The first kappa shape index (κ1) is 16.8. The molecule has 4 rings (SSSR count). The largest absolute Gasteiger partial charge is 0.361 e. The molecule has 0 bridgehead atoms. The number of rotatable bonds is 5. The topological polar surface area (TPSA) is 77.1 Å². The van der Waals surface area contributed by atoms with Gasteiger partial charge in [0.15, 0.2) is 5.65 Å². The highest BCUT2D eigenvalue weighted by Gasteiger charge is 2.29. The normalized spacial score (nSPS) is 14.3. The minimum absolute atomic E-state index is 0.0525. The van der Waals surface area contributed by atoms with Gasteiger partial charge in [-0.25, -0.2) is 9.67 Å². The fourth-order valence-electron chi connectivity index (χ4n) is 3.19. The van der Waals surface area contributed by atoms with Gasteiger partial charge >= 0.3 is 0 Å². The maximum atomic E-state index is 13.1. The van der Waals surface area contributed by atoms with Gasteiger partial charge in [0.25, 0.3) is 5.91 Å². The summed E-state index contributed by atoms with van der Waals surface area (Å²) in [6.07, 6.45) is 4.02. The number of aryl methyl sites for hydroxylation is 1. The van der Waals surface area contributed by atoms with Crippen molar-refractivity contribution in [3.63, 3.8) is 0 Å². The average Bonchev–Trinajstić information content (AvgIpc) is 3.24. The van der Waals surface area contributed by atoms with Gasteiger partial charge in [-0.2, -0.15) is 5.10 Å². The van der Waals surface area contributed by atoms with Gasteiger partial charge in [0.05, 0.1) is 23.7 Å². The fraction of sp³-hybridized carbons (Fsp3) is 0.474.